The molecule has 0 aliphatic rings. The summed E-state index contributed by atoms with van der Waals surface area (Å²) in [5.74, 6) is -2.82. The number of nitriles is 1. The van der Waals surface area contributed by atoms with Crippen molar-refractivity contribution in [3.8, 4) is 17.2 Å². The van der Waals surface area contributed by atoms with Gasteiger partial charge in [-0.3, -0.25) is 4.98 Å². The molecule has 0 spiro atoms. The van der Waals surface area contributed by atoms with Crippen LogP contribution in [0, 0.1) is 28.8 Å². The SMILES string of the molecule is N#CCc1c(F)cncc1-c1cccc(F)c1F. The number of nitrogens with zero attached hydrogens (tertiary/aromatic N) is 2. The minimum atomic E-state index is -1.08. The van der Waals surface area contributed by atoms with Crippen LogP contribution in [0.25, 0.3) is 11.1 Å². The summed E-state index contributed by atoms with van der Waals surface area (Å²) in [6.07, 6.45) is 1.92. The molecule has 0 fully saturated rings. The summed E-state index contributed by atoms with van der Waals surface area (Å²) < 4.78 is 40.3. The average molecular weight is 248 g/mol. The molecule has 0 aliphatic carbocycles. The maximum absolute atomic E-state index is 13.6. The fourth-order valence-electron chi connectivity index (χ4n) is 1.66. The maximum Gasteiger partial charge on any atom is 0.166 e. The summed E-state index contributed by atoms with van der Waals surface area (Å²) in [6, 6.07) is 5.38. The van der Waals surface area contributed by atoms with Gasteiger partial charge in [0.2, 0.25) is 0 Å². The first-order valence-corrected chi connectivity index (χ1v) is 5.09. The zero-order chi connectivity index (χ0) is 13.1. The molecule has 90 valence electrons. The smallest absolute Gasteiger partial charge is 0.166 e. The highest BCUT2D eigenvalue weighted by atomic mass is 19.2. The van der Waals surface area contributed by atoms with Crippen molar-refractivity contribution in [1.29, 1.82) is 5.26 Å². The van der Waals surface area contributed by atoms with Gasteiger partial charge in [0.05, 0.1) is 18.7 Å². The monoisotopic (exact) mass is 248 g/mol. The van der Waals surface area contributed by atoms with Crippen LogP contribution in [0.2, 0.25) is 0 Å². The third-order valence-corrected chi connectivity index (χ3v) is 2.50. The predicted molar refractivity (Wildman–Crippen MR) is 58.9 cm³/mol. The first-order chi connectivity index (χ1) is 8.65. The van der Waals surface area contributed by atoms with Crippen LogP contribution >= 0.6 is 0 Å². The number of aromatic nitrogens is 1. The number of halogens is 3. The van der Waals surface area contributed by atoms with E-state index in [1.54, 1.807) is 6.07 Å². The second-order valence-electron chi connectivity index (χ2n) is 3.58. The Bertz CT molecular complexity index is 633. The highest BCUT2D eigenvalue weighted by Crippen LogP contribution is 2.28. The molecular formula is C13H7F3N2. The molecule has 0 aliphatic heterocycles. The van der Waals surface area contributed by atoms with Crippen LogP contribution in [0.1, 0.15) is 5.56 Å². The summed E-state index contributed by atoms with van der Waals surface area (Å²) in [5.41, 5.74) is -0.00204. The second-order valence-corrected chi connectivity index (χ2v) is 3.58. The van der Waals surface area contributed by atoms with E-state index in [4.69, 9.17) is 5.26 Å². The molecule has 2 rings (SSSR count). The van der Waals surface area contributed by atoms with E-state index in [9.17, 15) is 13.2 Å². The zero-order valence-electron chi connectivity index (χ0n) is 9.12. The lowest BCUT2D eigenvalue weighted by Gasteiger charge is -2.08. The van der Waals surface area contributed by atoms with E-state index < -0.39 is 17.5 Å². The van der Waals surface area contributed by atoms with Crippen LogP contribution in [0.3, 0.4) is 0 Å². The second kappa shape index (κ2) is 4.88. The van der Waals surface area contributed by atoms with Crippen LogP contribution in [0.15, 0.2) is 30.6 Å². The van der Waals surface area contributed by atoms with E-state index in [1.807, 2.05) is 0 Å². The summed E-state index contributed by atoms with van der Waals surface area (Å²) in [7, 11) is 0. The van der Waals surface area contributed by atoms with Crippen LogP contribution in [0.5, 0.6) is 0 Å². The third kappa shape index (κ3) is 2.05. The Hall–Kier alpha value is -2.35. The van der Waals surface area contributed by atoms with Gasteiger partial charge in [-0.2, -0.15) is 5.26 Å². The van der Waals surface area contributed by atoms with Crippen LogP contribution in [-0.2, 0) is 6.42 Å². The number of rotatable bonds is 2. The van der Waals surface area contributed by atoms with Crippen LogP contribution in [-0.4, -0.2) is 4.98 Å². The van der Waals surface area contributed by atoms with Gasteiger partial charge in [0.25, 0.3) is 0 Å². The molecule has 1 aromatic heterocycles. The molecule has 0 bridgehead atoms. The summed E-state index contributed by atoms with van der Waals surface area (Å²) >= 11 is 0. The highest BCUT2D eigenvalue weighted by molar-refractivity contribution is 5.67. The Kier molecular flexibility index (Phi) is 3.28. The van der Waals surface area contributed by atoms with Crippen molar-refractivity contribution >= 4 is 0 Å². The van der Waals surface area contributed by atoms with Gasteiger partial charge < -0.3 is 0 Å². The quantitative estimate of drug-likeness (QED) is 0.818. The molecule has 0 N–H and O–H groups in total. The van der Waals surface area contributed by atoms with E-state index in [1.165, 1.54) is 18.3 Å². The molecule has 0 unspecified atom stereocenters. The molecule has 2 aromatic rings. The molecule has 5 heteroatoms. The Labute approximate surface area is 101 Å². The van der Waals surface area contributed by atoms with Gasteiger partial charge in [-0.05, 0) is 6.07 Å². The largest absolute Gasteiger partial charge is 0.261 e. The first-order valence-electron chi connectivity index (χ1n) is 5.09. The number of hydrogen-bond acceptors (Lipinski definition) is 2. The van der Waals surface area contributed by atoms with E-state index in [0.717, 1.165) is 12.3 Å². The standard InChI is InChI=1S/C13H7F3N2/c14-11-3-1-2-9(13(11)16)10-6-18-7-12(15)8(10)4-5-17/h1-3,6-7H,4H2. The van der Waals surface area contributed by atoms with Crippen LogP contribution < -0.4 is 0 Å². The predicted octanol–water partition coefficient (Wildman–Crippen LogP) is 3.23. The number of hydrogen-bond donors (Lipinski definition) is 0. The topological polar surface area (TPSA) is 36.7 Å². The molecule has 2 nitrogen and oxygen atoms in total. The van der Waals surface area contributed by atoms with E-state index in [0.29, 0.717) is 0 Å². The Morgan fingerprint density at radius 3 is 2.56 bits per heavy atom. The van der Waals surface area contributed by atoms with Gasteiger partial charge >= 0.3 is 0 Å². The van der Waals surface area contributed by atoms with Gasteiger partial charge in [0, 0.05) is 22.9 Å². The van der Waals surface area contributed by atoms with Crippen LogP contribution in [0.4, 0.5) is 13.2 Å². The van der Waals surface area contributed by atoms with Crippen molar-refractivity contribution < 1.29 is 13.2 Å². The first kappa shape index (κ1) is 12.1. The number of pyridine rings is 1. The van der Waals surface area contributed by atoms with E-state index >= 15 is 0 Å². The molecular weight excluding hydrogens is 241 g/mol. The van der Waals surface area contributed by atoms with E-state index in [2.05, 4.69) is 4.98 Å². The van der Waals surface area contributed by atoms with Gasteiger partial charge in [0.15, 0.2) is 11.6 Å². The van der Waals surface area contributed by atoms with Gasteiger partial charge in [-0.25, -0.2) is 13.2 Å². The fraction of sp³-hybridized carbons (Fsp3) is 0.0769. The lowest BCUT2D eigenvalue weighted by atomic mass is 9.99. The molecule has 1 heterocycles. The van der Waals surface area contributed by atoms with Gasteiger partial charge in [-0.15, -0.1) is 0 Å². The minimum absolute atomic E-state index is 0.0111. The number of benzene rings is 1. The highest BCUT2D eigenvalue weighted by Gasteiger charge is 2.16. The van der Waals surface area contributed by atoms with Crippen molar-refractivity contribution in [2.24, 2.45) is 0 Å². The lowest BCUT2D eigenvalue weighted by Crippen LogP contribution is -1.98. The molecule has 0 saturated heterocycles. The van der Waals surface area contributed by atoms with E-state index in [-0.39, 0.29) is 23.1 Å². The fourth-order valence-corrected chi connectivity index (χ4v) is 1.66. The van der Waals surface area contributed by atoms with Crippen molar-refractivity contribution in [2.75, 3.05) is 0 Å². The Balaban J connectivity index is 2.68. The summed E-state index contributed by atoms with van der Waals surface area (Å²) in [5, 5.41) is 8.63. The molecule has 0 atom stereocenters. The zero-order valence-corrected chi connectivity index (χ0v) is 9.12. The molecule has 0 amide bonds. The summed E-state index contributed by atoms with van der Waals surface area (Å²) in [4.78, 5) is 3.60. The minimum Gasteiger partial charge on any atom is -0.261 e. The maximum atomic E-state index is 13.6. The Morgan fingerprint density at radius 1 is 1.06 bits per heavy atom. The van der Waals surface area contributed by atoms with Crippen molar-refractivity contribution in [2.45, 2.75) is 6.42 Å². The van der Waals surface area contributed by atoms with Gasteiger partial charge in [-0.1, -0.05) is 12.1 Å². The van der Waals surface area contributed by atoms with Gasteiger partial charge in [0.1, 0.15) is 5.82 Å². The lowest BCUT2D eigenvalue weighted by molar-refractivity contribution is 0.511. The summed E-state index contributed by atoms with van der Waals surface area (Å²) in [6.45, 7) is 0. The molecule has 0 radical (unpaired) electrons. The molecule has 0 saturated carbocycles. The normalized spacial score (nSPS) is 10.1. The molecule has 18 heavy (non-hydrogen) atoms. The average Bonchev–Trinajstić information content (AvgIpc) is 2.36. The Morgan fingerprint density at radius 2 is 1.83 bits per heavy atom. The third-order valence-electron chi connectivity index (χ3n) is 2.50. The van der Waals surface area contributed by atoms with Crippen molar-refractivity contribution in [3.05, 3.63) is 53.6 Å². The molecule has 1 aromatic carbocycles. The van der Waals surface area contributed by atoms with Crippen molar-refractivity contribution in [3.63, 3.8) is 0 Å². The van der Waals surface area contributed by atoms with Crippen molar-refractivity contribution in [1.82, 2.24) is 4.98 Å².